The molecule has 0 saturated carbocycles. The van der Waals surface area contributed by atoms with Gasteiger partial charge in [-0.3, -0.25) is 4.79 Å². The first-order valence-electron chi connectivity index (χ1n) is 10.9. The van der Waals surface area contributed by atoms with Crippen LogP contribution in [0.5, 0.6) is 0 Å². The van der Waals surface area contributed by atoms with Gasteiger partial charge in [0, 0.05) is 6.61 Å². The Bertz CT molecular complexity index is 278. The number of rotatable bonds is 19. The third-order valence-electron chi connectivity index (χ3n) is 4.81. The van der Waals surface area contributed by atoms with Gasteiger partial charge in [0.1, 0.15) is 0 Å². The molecule has 0 aliphatic heterocycles. The Morgan fingerprint density at radius 2 is 1.20 bits per heavy atom. The van der Waals surface area contributed by atoms with E-state index in [2.05, 4.69) is 13.8 Å². The first-order valence-corrected chi connectivity index (χ1v) is 10.9. The molecular formula is C22H44O3. The standard InChI is InChI=1S/C22H44O3/c1-4-6-7-8-9-10-11-12-13-14-15-16-17-18-21(25-19-5-2)20-22(23)24-3/h21H,4-20H2,1-3H3. The van der Waals surface area contributed by atoms with Crippen molar-refractivity contribution in [1.82, 2.24) is 0 Å². The van der Waals surface area contributed by atoms with Crippen molar-refractivity contribution in [3.8, 4) is 0 Å². The average molecular weight is 357 g/mol. The van der Waals surface area contributed by atoms with E-state index < -0.39 is 0 Å². The fourth-order valence-electron chi connectivity index (χ4n) is 3.19. The van der Waals surface area contributed by atoms with Crippen LogP contribution >= 0.6 is 0 Å². The number of carbonyl (C=O) groups is 1. The van der Waals surface area contributed by atoms with Crippen LogP contribution in [0.2, 0.25) is 0 Å². The van der Waals surface area contributed by atoms with E-state index in [1.807, 2.05) is 0 Å². The van der Waals surface area contributed by atoms with Crippen LogP contribution in [0.4, 0.5) is 0 Å². The van der Waals surface area contributed by atoms with Crippen molar-refractivity contribution in [1.29, 1.82) is 0 Å². The second-order valence-corrected chi connectivity index (χ2v) is 7.30. The van der Waals surface area contributed by atoms with Crippen molar-refractivity contribution >= 4 is 5.97 Å². The number of hydrogen-bond donors (Lipinski definition) is 0. The molecule has 0 saturated heterocycles. The molecule has 3 nitrogen and oxygen atoms in total. The summed E-state index contributed by atoms with van der Waals surface area (Å²) < 4.78 is 10.5. The van der Waals surface area contributed by atoms with Crippen LogP contribution in [-0.2, 0) is 14.3 Å². The predicted molar refractivity (Wildman–Crippen MR) is 107 cm³/mol. The lowest BCUT2D eigenvalue weighted by Crippen LogP contribution is -2.19. The summed E-state index contributed by atoms with van der Waals surface area (Å²) in [4.78, 5) is 11.4. The molecule has 0 spiro atoms. The van der Waals surface area contributed by atoms with Gasteiger partial charge < -0.3 is 9.47 Å². The summed E-state index contributed by atoms with van der Waals surface area (Å²) in [5, 5.41) is 0. The van der Waals surface area contributed by atoms with Crippen LogP contribution in [0.3, 0.4) is 0 Å². The monoisotopic (exact) mass is 356 g/mol. The van der Waals surface area contributed by atoms with Gasteiger partial charge in [-0.1, -0.05) is 97.3 Å². The summed E-state index contributed by atoms with van der Waals surface area (Å²) in [7, 11) is 1.45. The first kappa shape index (κ1) is 24.4. The highest BCUT2D eigenvalue weighted by molar-refractivity contribution is 5.69. The first-order chi connectivity index (χ1) is 12.2. The summed E-state index contributed by atoms with van der Waals surface area (Å²) in [6.07, 6.45) is 20.2. The topological polar surface area (TPSA) is 35.5 Å². The summed E-state index contributed by atoms with van der Waals surface area (Å²) in [5.41, 5.74) is 0. The van der Waals surface area contributed by atoms with Crippen molar-refractivity contribution in [3.05, 3.63) is 0 Å². The quantitative estimate of drug-likeness (QED) is 0.188. The average Bonchev–Trinajstić information content (AvgIpc) is 2.63. The number of methoxy groups -OCH3 is 1. The Balaban J connectivity index is 3.42. The zero-order valence-corrected chi connectivity index (χ0v) is 17.3. The molecule has 0 heterocycles. The third-order valence-corrected chi connectivity index (χ3v) is 4.81. The molecule has 0 fully saturated rings. The van der Waals surface area contributed by atoms with Gasteiger partial charge in [-0.2, -0.15) is 0 Å². The third kappa shape index (κ3) is 18.0. The van der Waals surface area contributed by atoms with Gasteiger partial charge in [0.15, 0.2) is 0 Å². The molecule has 25 heavy (non-hydrogen) atoms. The molecule has 150 valence electrons. The second kappa shape index (κ2) is 19.8. The lowest BCUT2D eigenvalue weighted by Gasteiger charge is -2.16. The zero-order chi connectivity index (χ0) is 18.6. The summed E-state index contributed by atoms with van der Waals surface area (Å²) in [6, 6.07) is 0. The zero-order valence-electron chi connectivity index (χ0n) is 17.3. The minimum Gasteiger partial charge on any atom is -0.469 e. The van der Waals surface area contributed by atoms with E-state index in [1.165, 1.54) is 84.2 Å². The molecule has 0 aliphatic rings. The van der Waals surface area contributed by atoms with Crippen LogP contribution in [0.1, 0.15) is 117 Å². The maximum Gasteiger partial charge on any atom is 0.308 e. The Hall–Kier alpha value is -0.570. The van der Waals surface area contributed by atoms with Gasteiger partial charge in [0.25, 0.3) is 0 Å². The summed E-state index contributed by atoms with van der Waals surface area (Å²) >= 11 is 0. The summed E-state index contributed by atoms with van der Waals surface area (Å²) in [5.74, 6) is -0.157. The van der Waals surface area contributed by atoms with E-state index >= 15 is 0 Å². The number of unbranched alkanes of at least 4 members (excludes halogenated alkanes) is 12. The van der Waals surface area contributed by atoms with Gasteiger partial charge in [0.05, 0.1) is 19.6 Å². The maximum absolute atomic E-state index is 11.4. The molecule has 0 amide bonds. The van der Waals surface area contributed by atoms with Crippen molar-refractivity contribution in [2.75, 3.05) is 13.7 Å². The largest absolute Gasteiger partial charge is 0.469 e. The van der Waals surface area contributed by atoms with Crippen LogP contribution in [0, 0.1) is 0 Å². The Kier molecular flexibility index (Phi) is 19.3. The van der Waals surface area contributed by atoms with Gasteiger partial charge in [-0.25, -0.2) is 0 Å². The molecule has 0 rings (SSSR count). The van der Waals surface area contributed by atoms with Gasteiger partial charge in [-0.05, 0) is 12.8 Å². The van der Waals surface area contributed by atoms with Crippen LogP contribution < -0.4 is 0 Å². The number of hydrogen-bond acceptors (Lipinski definition) is 3. The minimum atomic E-state index is -0.157. The lowest BCUT2D eigenvalue weighted by molar-refractivity contribution is -0.144. The minimum absolute atomic E-state index is 0.0418. The highest BCUT2D eigenvalue weighted by atomic mass is 16.5. The van der Waals surface area contributed by atoms with Crippen LogP contribution in [-0.4, -0.2) is 25.8 Å². The molecule has 1 atom stereocenters. The number of esters is 1. The highest BCUT2D eigenvalue weighted by Gasteiger charge is 2.14. The number of carbonyl (C=O) groups excluding carboxylic acids is 1. The molecule has 0 radical (unpaired) electrons. The smallest absolute Gasteiger partial charge is 0.308 e. The Morgan fingerprint density at radius 1 is 0.720 bits per heavy atom. The normalized spacial score (nSPS) is 12.3. The van der Waals surface area contributed by atoms with Crippen molar-refractivity contribution in [2.24, 2.45) is 0 Å². The molecule has 0 N–H and O–H groups in total. The maximum atomic E-state index is 11.4. The van der Waals surface area contributed by atoms with Crippen LogP contribution in [0.25, 0.3) is 0 Å². The molecule has 0 aromatic heterocycles. The SMILES string of the molecule is CCCCCCCCCCCCCCCC(CC(=O)OC)OCCC. The molecule has 0 aliphatic carbocycles. The number of ether oxygens (including phenoxy) is 2. The van der Waals surface area contributed by atoms with Crippen molar-refractivity contribution < 1.29 is 14.3 Å². The molecule has 3 heteroatoms. The molecular weight excluding hydrogens is 312 g/mol. The van der Waals surface area contributed by atoms with E-state index in [0.29, 0.717) is 6.42 Å². The van der Waals surface area contributed by atoms with E-state index in [0.717, 1.165) is 25.9 Å². The highest BCUT2D eigenvalue weighted by Crippen LogP contribution is 2.15. The Morgan fingerprint density at radius 3 is 1.64 bits per heavy atom. The van der Waals surface area contributed by atoms with E-state index in [-0.39, 0.29) is 12.1 Å². The fourth-order valence-corrected chi connectivity index (χ4v) is 3.19. The van der Waals surface area contributed by atoms with E-state index in [4.69, 9.17) is 9.47 Å². The predicted octanol–water partition coefficient (Wildman–Crippen LogP) is 6.83. The lowest BCUT2D eigenvalue weighted by atomic mass is 10.0. The van der Waals surface area contributed by atoms with Crippen molar-refractivity contribution in [3.63, 3.8) is 0 Å². The van der Waals surface area contributed by atoms with Crippen LogP contribution in [0.15, 0.2) is 0 Å². The van der Waals surface area contributed by atoms with Gasteiger partial charge in [0.2, 0.25) is 0 Å². The van der Waals surface area contributed by atoms with Gasteiger partial charge in [-0.15, -0.1) is 0 Å². The molecule has 0 aromatic rings. The second-order valence-electron chi connectivity index (χ2n) is 7.30. The molecule has 0 bridgehead atoms. The van der Waals surface area contributed by atoms with E-state index in [9.17, 15) is 4.79 Å². The van der Waals surface area contributed by atoms with E-state index in [1.54, 1.807) is 0 Å². The summed E-state index contributed by atoms with van der Waals surface area (Å²) in [6.45, 7) is 5.11. The Labute approximate surface area is 157 Å². The van der Waals surface area contributed by atoms with Crippen molar-refractivity contribution in [2.45, 2.75) is 123 Å². The fraction of sp³-hybridized carbons (Fsp3) is 0.955. The molecule has 1 unspecified atom stereocenters. The molecule has 0 aromatic carbocycles. The van der Waals surface area contributed by atoms with Gasteiger partial charge >= 0.3 is 5.97 Å².